The van der Waals surface area contributed by atoms with Crippen molar-refractivity contribution in [2.75, 3.05) is 20.3 Å². The molecular weight excluding hydrogens is 238 g/mol. The van der Waals surface area contributed by atoms with Gasteiger partial charge in [-0.1, -0.05) is 6.07 Å². The number of hydrogen-bond acceptors (Lipinski definition) is 5. The smallest absolute Gasteiger partial charge is 0.328 e. The van der Waals surface area contributed by atoms with Crippen LogP contribution < -0.4 is 5.32 Å². The Labute approximate surface area is 106 Å². The summed E-state index contributed by atoms with van der Waals surface area (Å²) in [6.45, 7) is 5.21. The fourth-order valence-corrected chi connectivity index (χ4v) is 2.05. The van der Waals surface area contributed by atoms with Crippen LogP contribution >= 0.6 is 11.3 Å². The highest BCUT2D eigenvalue weighted by Crippen LogP contribution is 2.12. The minimum Gasteiger partial charge on any atom is -0.468 e. The van der Waals surface area contributed by atoms with Gasteiger partial charge in [0.2, 0.25) is 0 Å². The molecule has 1 aromatic rings. The van der Waals surface area contributed by atoms with E-state index in [9.17, 15) is 4.79 Å². The van der Waals surface area contributed by atoms with Crippen molar-refractivity contribution in [1.29, 1.82) is 0 Å². The first-order valence-electron chi connectivity index (χ1n) is 5.56. The lowest BCUT2D eigenvalue weighted by molar-refractivity contribution is -0.150. The topological polar surface area (TPSA) is 47.6 Å². The van der Waals surface area contributed by atoms with Crippen LogP contribution in [0.3, 0.4) is 0 Å². The van der Waals surface area contributed by atoms with Crippen molar-refractivity contribution in [3.05, 3.63) is 22.4 Å². The van der Waals surface area contributed by atoms with E-state index in [0.29, 0.717) is 19.8 Å². The zero-order chi connectivity index (χ0) is 12.7. The molecule has 5 heteroatoms. The van der Waals surface area contributed by atoms with E-state index in [-0.39, 0.29) is 5.97 Å². The van der Waals surface area contributed by atoms with E-state index in [2.05, 4.69) is 5.32 Å². The van der Waals surface area contributed by atoms with Crippen LogP contribution in [0.5, 0.6) is 0 Å². The molecule has 0 aliphatic heterocycles. The molecule has 0 fully saturated rings. The highest BCUT2D eigenvalue weighted by Gasteiger charge is 2.34. The van der Waals surface area contributed by atoms with Gasteiger partial charge >= 0.3 is 5.97 Å². The molecule has 96 valence electrons. The number of carbonyl (C=O) groups excluding carboxylic acids is 1. The van der Waals surface area contributed by atoms with Gasteiger partial charge in [0.1, 0.15) is 5.54 Å². The molecule has 1 heterocycles. The van der Waals surface area contributed by atoms with Gasteiger partial charge in [-0.25, -0.2) is 4.79 Å². The molecule has 1 rings (SSSR count). The molecule has 0 aliphatic carbocycles. The molecule has 0 saturated heterocycles. The van der Waals surface area contributed by atoms with Crippen LogP contribution in [-0.4, -0.2) is 31.8 Å². The van der Waals surface area contributed by atoms with Crippen molar-refractivity contribution in [2.45, 2.75) is 25.9 Å². The van der Waals surface area contributed by atoms with Crippen molar-refractivity contribution in [3.63, 3.8) is 0 Å². The van der Waals surface area contributed by atoms with Gasteiger partial charge in [0.05, 0.1) is 13.7 Å². The molecular formula is C12H19NO3S. The van der Waals surface area contributed by atoms with E-state index < -0.39 is 5.54 Å². The molecule has 0 saturated carbocycles. The minimum atomic E-state index is -0.797. The number of nitrogens with one attached hydrogen (secondary N) is 1. The maximum absolute atomic E-state index is 11.7. The maximum atomic E-state index is 11.7. The molecule has 0 spiro atoms. The fraction of sp³-hybridized carbons (Fsp3) is 0.583. The van der Waals surface area contributed by atoms with Crippen LogP contribution in [0.15, 0.2) is 17.5 Å². The van der Waals surface area contributed by atoms with Gasteiger partial charge in [-0.15, -0.1) is 11.3 Å². The Kier molecular flexibility index (Phi) is 5.61. The van der Waals surface area contributed by atoms with Gasteiger partial charge in [0.15, 0.2) is 0 Å². The molecule has 1 atom stereocenters. The zero-order valence-electron chi connectivity index (χ0n) is 10.5. The Balaban J connectivity index is 2.59. The quantitative estimate of drug-likeness (QED) is 0.757. The summed E-state index contributed by atoms with van der Waals surface area (Å²) in [5, 5.41) is 5.20. The Bertz CT molecular complexity index is 340. The predicted molar refractivity (Wildman–Crippen MR) is 68.1 cm³/mol. The lowest BCUT2D eigenvalue weighted by Crippen LogP contribution is -2.53. The number of hydrogen-bond donors (Lipinski definition) is 1. The summed E-state index contributed by atoms with van der Waals surface area (Å²) in [6.07, 6.45) is 0. The van der Waals surface area contributed by atoms with Crippen molar-refractivity contribution in [3.8, 4) is 0 Å². The Morgan fingerprint density at radius 2 is 2.35 bits per heavy atom. The van der Waals surface area contributed by atoms with Gasteiger partial charge in [0, 0.05) is 18.0 Å². The Morgan fingerprint density at radius 3 is 2.88 bits per heavy atom. The van der Waals surface area contributed by atoms with Crippen LogP contribution in [0.25, 0.3) is 0 Å². The van der Waals surface area contributed by atoms with E-state index in [1.54, 1.807) is 18.3 Å². The third kappa shape index (κ3) is 4.11. The lowest BCUT2D eigenvalue weighted by Gasteiger charge is -2.27. The first-order chi connectivity index (χ1) is 8.12. The second-order valence-corrected chi connectivity index (χ2v) is 4.93. The average molecular weight is 257 g/mol. The molecule has 0 radical (unpaired) electrons. The third-order valence-corrected chi connectivity index (χ3v) is 3.34. The van der Waals surface area contributed by atoms with Gasteiger partial charge in [-0.3, -0.25) is 5.32 Å². The van der Waals surface area contributed by atoms with E-state index in [1.807, 2.05) is 24.4 Å². The predicted octanol–water partition coefficient (Wildman–Crippen LogP) is 1.81. The normalized spacial score (nSPS) is 14.3. The van der Waals surface area contributed by atoms with E-state index in [1.165, 1.54) is 12.0 Å². The summed E-state index contributed by atoms with van der Waals surface area (Å²) in [4.78, 5) is 12.9. The number of esters is 1. The molecule has 1 aromatic heterocycles. The number of thiophene rings is 1. The second-order valence-electron chi connectivity index (χ2n) is 3.89. The monoisotopic (exact) mass is 257 g/mol. The summed E-state index contributed by atoms with van der Waals surface area (Å²) in [5.74, 6) is -0.303. The lowest BCUT2D eigenvalue weighted by atomic mass is 10.0. The van der Waals surface area contributed by atoms with Crippen molar-refractivity contribution >= 4 is 17.3 Å². The average Bonchev–Trinajstić information content (AvgIpc) is 2.86. The molecule has 0 amide bonds. The SMILES string of the molecule is CCOCC(C)(NCc1cccs1)C(=O)OC. The van der Waals surface area contributed by atoms with Crippen LogP contribution in [0.4, 0.5) is 0 Å². The summed E-state index contributed by atoms with van der Waals surface area (Å²) in [7, 11) is 1.39. The van der Waals surface area contributed by atoms with Crippen molar-refractivity contribution in [2.24, 2.45) is 0 Å². The summed E-state index contributed by atoms with van der Waals surface area (Å²) in [5.41, 5.74) is -0.797. The first-order valence-corrected chi connectivity index (χ1v) is 6.44. The van der Waals surface area contributed by atoms with Crippen LogP contribution in [0.2, 0.25) is 0 Å². The summed E-state index contributed by atoms with van der Waals surface area (Å²) in [6, 6.07) is 4.01. The summed E-state index contributed by atoms with van der Waals surface area (Å²) < 4.78 is 10.1. The van der Waals surface area contributed by atoms with E-state index >= 15 is 0 Å². The van der Waals surface area contributed by atoms with Crippen LogP contribution in [0, 0.1) is 0 Å². The summed E-state index contributed by atoms with van der Waals surface area (Å²) >= 11 is 1.65. The zero-order valence-corrected chi connectivity index (χ0v) is 11.3. The molecule has 0 aromatic carbocycles. The molecule has 1 unspecified atom stereocenters. The molecule has 0 aliphatic rings. The first kappa shape index (κ1) is 14.2. The molecule has 0 bridgehead atoms. The molecule has 1 N–H and O–H groups in total. The highest BCUT2D eigenvalue weighted by atomic mass is 32.1. The number of ether oxygens (including phenoxy) is 2. The van der Waals surface area contributed by atoms with Crippen LogP contribution in [-0.2, 0) is 20.8 Å². The Morgan fingerprint density at radius 1 is 1.59 bits per heavy atom. The largest absolute Gasteiger partial charge is 0.468 e. The van der Waals surface area contributed by atoms with E-state index in [4.69, 9.17) is 9.47 Å². The Hall–Kier alpha value is -0.910. The van der Waals surface area contributed by atoms with Crippen LogP contribution in [0.1, 0.15) is 18.7 Å². The van der Waals surface area contributed by atoms with Gasteiger partial charge in [0.25, 0.3) is 0 Å². The van der Waals surface area contributed by atoms with Gasteiger partial charge in [-0.05, 0) is 25.3 Å². The minimum absolute atomic E-state index is 0.303. The highest BCUT2D eigenvalue weighted by molar-refractivity contribution is 7.09. The number of methoxy groups -OCH3 is 1. The molecule has 4 nitrogen and oxygen atoms in total. The number of rotatable bonds is 7. The second kappa shape index (κ2) is 6.74. The number of carbonyl (C=O) groups is 1. The van der Waals surface area contributed by atoms with Crippen molar-refractivity contribution in [1.82, 2.24) is 5.32 Å². The van der Waals surface area contributed by atoms with Crippen molar-refractivity contribution < 1.29 is 14.3 Å². The third-order valence-electron chi connectivity index (χ3n) is 2.46. The molecule has 17 heavy (non-hydrogen) atoms. The maximum Gasteiger partial charge on any atom is 0.328 e. The standard InChI is InChI=1S/C12H19NO3S/c1-4-16-9-12(2,11(14)15-3)13-8-10-6-5-7-17-10/h5-7,13H,4,8-9H2,1-3H3. The fourth-order valence-electron chi connectivity index (χ4n) is 1.41. The van der Waals surface area contributed by atoms with Gasteiger partial charge < -0.3 is 9.47 Å². The van der Waals surface area contributed by atoms with E-state index in [0.717, 1.165) is 0 Å². The van der Waals surface area contributed by atoms with Gasteiger partial charge in [-0.2, -0.15) is 0 Å².